The summed E-state index contributed by atoms with van der Waals surface area (Å²) in [7, 11) is 1.38. The van der Waals surface area contributed by atoms with E-state index in [9.17, 15) is 13.6 Å². The van der Waals surface area contributed by atoms with Gasteiger partial charge in [0, 0.05) is 19.6 Å². The van der Waals surface area contributed by atoms with E-state index >= 15 is 0 Å². The first-order valence-electron chi connectivity index (χ1n) is 8.48. The number of nitrogens with one attached hydrogen (secondary N) is 1. The summed E-state index contributed by atoms with van der Waals surface area (Å²) in [6.45, 7) is 4.05. The second-order valence-electron chi connectivity index (χ2n) is 6.78. The SMILES string of the molecule is COc1cc(CNC(=O)CN2C[C@H](C)C[C@H](C)C2)ccc1OC(F)F. The van der Waals surface area contributed by atoms with Crippen LogP contribution in [0.25, 0.3) is 0 Å². The molecule has 0 aliphatic carbocycles. The zero-order valence-electron chi connectivity index (χ0n) is 14.9. The minimum absolute atomic E-state index is 0.0242. The summed E-state index contributed by atoms with van der Waals surface area (Å²) in [5.41, 5.74) is 0.757. The van der Waals surface area contributed by atoms with Crippen LogP contribution >= 0.6 is 0 Å². The van der Waals surface area contributed by atoms with Gasteiger partial charge in [-0.1, -0.05) is 19.9 Å². The number of alkyl halides is 2. The Labute approximate surface area is 147 Å². The Hall–Kier alpha value is -1.89. The molecule has 1 aliphatic heterocycles. The summed E-state index contributed by atoms with van der Waals surface area (Å²) in [6, 6.07) is 4.63. The molecule has 7 heteroatoms. The van der Waals surface area contributed by atoms with Crippen molar-refractivity contribution in [2.45, 2.75) is 33.4 Å². The lowest BCUT2D eigenvalue weighted by molar-refractivity contribution is -0.123. The van der Waals surface area contributed by atoms with Crippen LogP contribution in [0.1, 0.15) is 25.8 Å². The summed E-state index contributed by atoms with van der Waals surface area (Å²) in [4.78, 5) is 14.3. The molecule has 25 heavy (non-hydrogen) atoms. The third kappa shape index (κ3) is 6.16. The van der Waals surface area contributed by atoms with Crippen molar-refractivity contribution in [3.63, 3.8) is 0 Å². The molecule has 0 unspecified atom stereocenters. The Bertz CT molecular complexity index is 573. The fourth-order valence-electron chi connectivity index (χ4n) is 3.40. The molecule has 1 N–H and O–H groups in total. The average Bonchev–Trinajstić information content (AvgIpc) is 2.52. The van der Waals surface area contributed by atoms with Crippen LogP contribution in [0.15, 0.2) is 18.2 Å². The fourth-order valence-corrected chi connectivity index (χ4v) is 3.40. The van der Waals surface area contributed by atoms with Gasteiger partial charge in [0.2, 0.25) is 5.91 Å². The van der Waals surface area contributed by atoms with Gasteiger partial charge in [-0.15, -0.1) is 0 Å². The van der Waals surface area contributed by atoms with Crippen LogP contribution in [0.2, 0.25) is 0 Å². The highest BCUT2D eigenvalue weighted by Gasteiger charge is 2.23. The lowest BCUT2D eigenvalue weighted by Gasteiger charge is -2.34. The Morgan fingerprint density at radius 2 is 1.96 bits per heavy atom. The molecule has 1 amide bonds. The van der Waals surface area contributed by atoms with Gasteiger partial charge in [-0.2, -0.15) is 8.78 Å². The molecular weight excluding hydrogens is 330 g/mol. The van der Waals surface area contributed by atoms with Crippen LogP contribution in [0, 0.1) is 11.8 Å². The number of benzene rings is 1. The van der Waals surface area contributed by atoms with Gasteiger partial charge >= 0.3 is 6.61 Å². The first-order valence-corrected chi connectivity index (χ1v) is 8.48. The van der Waals surface area contributed by atoms with Crippen LogP contribution in [0.5, 0.6) is 11.5 Å². The fraction of sp³-hybridized carbons (Fsp3) is 0.611. The number of carbonyl (C=O) groups is 1. The lowest BCUT2D eigenvalue weighted by atomic mass is 9.92. The van der Waals surface area contributed by atoms with E-state index in [1.807, 2.05) is 0 Å². The van der Waals surface area contributed by atoms with Gasteiger partial charge in [0.05, 0.1) is 13.7 Å². The molecule has 2 atom stereocenters. The van der Waals surface area contributed by atoms with E-state index in [0.717, 1.165) is 18.7 Å². The smallest absolute Gasteiger partial charge is 0.387 e. The molecule has 5 nitrogen and oxygen atoms in total. The van der Waals surface area contributed by atoms with Crippen LogP contribution in [0.3, 0.4) is 0 Å². The first kappa shape index (κ1) is 19.4. The number of hydrogen-bond donors (Lipinski definition) is 1. The number of methoxy groups -OCH3 is 1. The number of carbonyl (C=O) groups excluding carboxylic acids is 1. The number of rotatable bonds is 7. The number of nitrogens with zero attached hydrogens (tertiary/aromatic N) is 1. The molecule has 1 aliphatic rings. The van der Waals surface area contributed by atoms with Crippen LogP contribution in [-0.2, 0) is 11.3 Å². The average molecular weight is 356 g/mol. The topological polar surface area (TPSA) is 50.8 Å². The maximum atomic E-state index is 12.3. The largest absolute Gasteiger partial charge is 0.493 e. The van der Waals surface area contributed by atoms with Crippen LogP contribution < -0.4 is 14.8 Å². The maximum absolute atomic E-state index is 12.3. The molecule has 0 bridgehead atoms. The summed E-state index contributed by atoms with van der Waals surface area (Å²) < 4.78 is 34.1. The van der Waals surface area contributed by atoms with Crippen molar-refractivity contribution >= 4 is 5.91 Å². The number of ether oxygens (including phenoxy) is 2. The van der Waals surface area contributed by atoms with Gasteiger partial charge in [-0.25, -0.2) is 0 Å². The van der Waals surface area contributed by atoms with Crippen molar-refractivity contribution in [2.24, 2.45) is 11.8 Å². The zero-order chi connectivity index (χ0) is 18.4. The summed E-state index contributed by atoms with van der Waals surface area (Å²) >= 11 is 0. The van der Waals surface area contributed by atoms with Gasteiger partial charge in [-0.3, -0.25) is 9.69 Å². The van der Waals surface area contributed by atoms with Crippen molar-refractivity contribution < 1.29 is 23.0 Å². The summed E-state index contributed by atoms with van der Waals surface area (Å²) in [5, 5.41) is 2.86. The van der Waals surface area contributed by atoms with Crippen LogP contribution in [-0.4, -0.2) is 44.2 Å². The number of likely N-dealkylation sites (tertiary alicyclic amines) is 1. The van der Waals surface area contributed by atoms with Crippen molar-refractivity contribution in [1.29, 1.82) is 0 Å². The van der Waals surface area contributed by atoms with Gasteiger partial charge < -0.3 is 14.8 Å². The third-order valence-electron chi connectivity index (χ3n) is 4.25. The van der Waals surface area contributed by atoms with E-state index in [-0.39, 0.29) is 17.4 Å². The third-order valence-corrected chi connectivity index (χ3v) is 4.25. The number of hydrogen-bond acceptors (Lipinski definition) is 4. The summed E-state index contributed by atoms with van der Waals surface area (Å²) in [5.74, 6) is 1.34. The Kier molecular flexibility index (Phi) is 6.99. The molecule has 1 aromatic carbocycles. The highest BCUT2D eigenvalue weighted by Crippen LogP contribution is 2.29. The van der Waals surface area contributed by atoms with Gasteiger partial charge in [-0.05, 0) is 36.0 Å². The Balaban J connectivity index is 1.86. The minimum Gasteiger partial charge on any atom is -0.493 e. The van der Waals surface area contributed by atoms with E-state index in [2.05, 4.69) is 28.8 Å². The molecule has 2 rings (SSSR count). The number of amides is 1. The van der Waals surface area contributed by atoms with Gasteiger partial charge in [0.1, 0.15) is 0 Å². The molecule has 1 fully saturated rings. The minimum atomic E-state index is -2.91. The standard InChI is InChI=1S/C18H26F2N2O3/c1-12-6-13(2)10-22(9-12)11-17(23)21-8-14-4-5-15(25-18(19)20)16(7-14)24-3/h4-5,7,12-13,18H,6,8-11H2,1-3H3,(H,21,23)/t12-,13+. The highest BCUT2D eigenvalue weighted by atomic mass is 19.3. The maximum Gasteiger partial charge on any atom is 0.387 e. The molecule has 0 saturated carbocycles. The first-order chi connectivity index (χ1) is 11.9. The highest BCUT2D eigenvalue weighted by molar-refractivity contribution is 5.78. The van der Waals surface area contributed by atoms with E-state index in [0.29, 0.717) is 24.9 Å². The summed E-state index contributed by atoms with van der Waals surface area (Å²) in [6.07, 6.45) is 1.20. The van der Waals surface area contributed by atoms with E-state index in [1.54, 1.807) is 12.1 Å². The molecule has 0 spiro atoms. The van der Waals surface area contributed by atoms with E-state index < -0.39 is 6.61 Å². The Morgan fingerprint density at radius 1 is 1.28 bits per heavy atom. The predicted molar refractivity (Wildman–Crippen MR) is 90.9 cm³/mol. The van der Waals surface area contributed by atoms with Crippen molar-refractivity contribution in [1.82, 2.24) is 10.2 Å². The Morgan fingerprint density at radius 3 is 2.56 bits per heavy atom. The molecule has 0 aromatic heterocycles. The van der Waals surface area contributed by atoms with Gasteiger partial charge in [0.25, 0.3) is 0 Å². The molecular formula is C18H26F2N2O3. The molecule has 1 saturated heterocycles. The second kappa shape index (κ2) is 8.99. The molecule has 140 valence electrons. The van der Waals surface area contributed by atoms with Crippen molar-refractivity contribution in [2.75, 3.05) is 26.7 Å². The molecule has 1 heterocycles. The van der Waals surface area contributed by atoms with Gasteiger partial charge in [0.15, 0.2) is 11.5 Å². The lowest BCUT2D eigenvalue weighted by Crippen LogP contribution is -2.44. The quantitative estimate of drug-likeness (QED) is 0.816. The number of halogens is 2. The zero-order valence-corrected chi connectivity index (χ0v) is 14.9. The molecule has 1 aromatic rings. The van der Waals surface area contributed by atoms with Crippen LogP contribution in [0.4, 0.5) is 8.78 Å². The van der Waals surface area contributed by atoms with Crippen molar-refractivity contribution in [3.05, 3.63) is 23.8 Å². The molecule has 0 radical (unpaired) electrons. The van der Waals surface area contributed by atoms with E-state index in [4.69, 9.17) is 4.74 Å². The van der Waals surface area contributed by atoms with E-state index in [1.165, 1.54) is 19.6 Å². The normalized spacial score (nSPS) is 21.2. The number of piperidine rings is 1. The monoisotopic (exact) mass is 356 g/mol. The predicted octanol–water partition coefficient (Wildman–Crippen LogP) is 2.89. The van der Waals surface area contributed by atoms with Crippen molar-refractivity contribution in [3.8, 4) is 11.5 Å². The second-order valence-corrected chi connectivity index (χ2v) is 6.78.